The lowest BCUT2D eigenvalue weighted by Gasteiger charge is -2.27. The third-order valence-electron chi connectivity index (χ3n) is 6.61. The van der Waals surface area contributed by atoms with E-state index in [9.17, 15) is 23.1 Å². The lowest BCUT2D eigenvalue weighted by atomic mass is 10.0. The van der Waals surface area contributed by atoms with Crippen molar-refractivity contribution < 1.29 is 27.9 Å². The van der Waals surface area contributed by atoms with E-state index >= 15 is 0 Å². The Morgan fingerprint density at radius 1 is 1.02 bits per heavy atom. The van der Waals surface area contributed by atoms with Crippen LogP contribution in [-0.4, -0.2) is 81.1 Å². The molecule has 0 saturated carbocycles. The fraction of sp³-hybridized carbons (Fsp3) is 0.533. The van der Waals surface area contributed by atoms with E-state index in [1.54, 1.807) is 7.11 Å². The van der Waals surface area contributed by atoms with Gasteiger partial charge >= 0.3 is 0 Å². The summed E-state index contributed by atoms with van der Waals surface area (Å²) < 4.78 is 28.7. The van der Waals surface area contributed by atoms with E-state index < -0.39 is 39.6 Å². The lowest BCUT2D eigenvalue weighted by molar-refractivity contribution is -0.134. The normalized spacial score (nSPS) is 12.9. The van der Waals surface area contributed by atoms with Gasteiger partial charge in [-0.15, -0.1) is 0 Å². The summed E-state index contributed by atoms with van der Waals surface area (Å²) in [7, 11) is -1.95. The third-order valence-corrected chi connectivity index (χ3v) is 7.38. The molecule has 0 spiro atoms. The van der Waals surface area contributed by atoms with E-state index in [1.165, 1.54) is 10.5 Å². The van der Waals surface area contributed by atoms with Crippen LogP contribution >= 0.6 is 0 Å². The first-order valence-electron chi connectivity index (χ1n) is 13.9. The second kappa shape index (κ2) is 17.0. The van der Waals surface area contributed by atoms with Crippen LogP contribution in [0.5, 0.6) is 5.75 Å². The number of rotatable bonds is 18. The molecule has 9 nitrogen and oxygen atoms in total. The van der Waals surface area contributed by atoms with Crippen LogP contribution in [0.4, 0.5) is 0 Å². The van der Waals surface area contributed by atoms with Gasteiger partial charge in [0.05, 0.1) is 25.8 Å². The van der Waals surface area contributed by atoms with Gasteiger partial charge in [0.15, 0.2) is 9.84 Å². The molecule has 0 heterocycles. The van der Waals surface area contributed by atoms with Gasteiger partial charge in [0.1, 0.15) is 11.5 Å². The van der Waals surface area contributed by atoms with Gasteiger partial charge in [-0.2, -0.15) is 0 Å². The van der Waals surface area contributed by atoms with Gasteiger partial charge in [0.2, 0.25) is 11.8 Å². The van der Waals surface area contributed by atoms with E-state index in [1.807, 2.05) is 43.3 Å². The van der Waals surface area contributed by atoms with Gasteiger partial charge in [-0.1, -0.05) is 63.1 Å². The maximum atomic E-state index is 13.1. The molecule has 0 aliphatic rings. The minimum absolute atomic E-state index is 0.241. The summed E-state index contributed by atoms with van der Waals surface area (Å²) in [5, 5.41) is 17.3. The summed E-state index contributed by atoms with van der Waals surface area (Å²) in [6, 6.07) is 15.0. The predicted molar refractivity (Wildman–Crippen MR) is 158 cm³/mol. The van der Waals surface area contributed by atoms with Gasteiger partial charge in [-0.3, -0.25) is 9.59 Å². The number of aryl methyl sites for hydroxylation is 1. The molecule has 222 valence electrons. The van der Waals surface area contributed by atoms with E-state index in [-0.39, 0.29) is 13.1 Å². The van der Waals surface area contributed by atoms with Crippen LogP contribution in [0.25, 0.3) is 0 Å². The Balaban J connectivity index is 2.11. The predicted octanol–water partition coefficient (Wildman–Crippen LogP) is 2.50. The molecule has 0 radical (unpaired) electrons. The number of hydrogen-bond donors (Lipinski definition) is 3. The Morgan fingerprint density at radius 3 is 2.35 bits per heavy atom. The molecule has 0 unspecified atom stereocenters. The van der Waals surface area contributed by atoms with Crippen molar-refractivity contribution in [2.75, 3.05) is 38.8 Å². The van der Waals surface area contributed by atoms with E-state index in [0.717, 1.165) is 36.6 Å². The van der Waals surface area contributed by atoms with Crippen LogP contribution in [0.2, 0.25) is 0 Å². The maximum absolute atomic E-state index is 13.1. The highest BCUT2D eigenvalue weighted by Gasteiger charge is 2.25. The summed E-state index contributed by atoms with van der Waals surface area (Å²) in [5.74, 6) is -0.996. The molecule has 0 bridgehead atoms. The van der Waals surface area contributed by atoms with E-state index in [4.69, 9.17) is 4.74 Å². The number of aliphatic hydroxyl groups is 1. The smallest absolute Gasteiger partial charge is 0.239 e. The number of hydrogen-bond acceptors (Lipinski definition) is 7. The summed E-state index contributed by atoms with van der Waals surface area (Å²) >= 11 is 0. The van der Waals surface area contributed by atoms with Gasteiger partial charge < -0.3 is 25.4 Å². The number of amides is 2. The lowest BCUT2D eigenvalue weighted by Crippen LogP contribution is -2.52. The van der Waals surface area contributed by atoms with Gasteiger partial charge in [-0.25, -0.2) is 8.42 Å². The standard InChI is InChI=1S/C30H45N3O6S/c1-5-7-8-16-33(30(36)22-40(4,37)38)21-29(35)32-27(18-24-12-14-26(39-3)15-13-24)28(34)20-31-19-25-11-9-10-23(6-2)17-25/h9-15,17,27-28,31,34H,5-8,16,18-22H2,1-4H3,(H,32,35)/t27-,28+/m0/s1. The Bertz CT molecular complexity index is 1170. The summed E-state index contributed by atoms with van der Waals surface area (Å²) in [6.45, 7) is 4.95. The van der Waals surface area contributed by atoms with Crippen molar-refractivity contribution in [2.24, 2.45) is 0 Å². The van der Waals surface area contributed by atoms with Crippen molar-refractivity contribution in [3.63, 3.8) is 0 Å². The molecule has 0 saturated heterocycles. The highest BCUT2D eigenvalue weighted by atomic mass is 32.2. The number of ether oxygens (including phenoxy) is 1. The number of nitrogens with one attached hydrogen (secondary N) is 2. The topological polar surface area (TPSA) is 125 Å². The zero-order chi connectivity index (χ0) is 29.5. The fourth-order valence-corrected chi connectivity index (χ4v) is 4.98. The maximum Gasteiger partial charge on any atom is 0.239 e. The summed E-state index contributed by atoms with van der Waals surface area (Å²) in [6.07, 6.45) is 3.83. The van der Waals surface area contributed by atoms with Crippen LogP contribution < -0.4 is 15.4 Å². The zero-order valence-electron chi connectivity index (χ0n) is 24.2. The average molecular weight is 576 g/mol. The highest BCUT2D eigenvalue weighted by molar-refractivity contribution is 7.91. The van der Waals surface area contributed by atoms with Crippen LogP contribution in [0.3, 0.4) is 0 Å². The Labute approximate surface area is 239 Å². The number of unbranched alkanes of at least 4 members (excludes halogenated alkanes) is 2. The molecule has 2 aromatic carbocycles. The first kappa shape index (κ1) is 33.3. The van der Waals surface area contributed by atoms with Gasteiger partial charge in [0.25, 0.3) is 0 Å². The molecular weight excluding hydrogens is 530 g/mol. The Hall–Kier alpha value is -2.95. The first-order valence-corrected chi connectivity index (χ1v) is 15.9. The quantitative estimate of drug-likeness (QED) is 0.233. The second-order valence-electron chi connectivity index (χ2n) is 10.2. The van der Waals surface area contributed by atoms with Crippen LogP contribution in [-0.2, 0) is 38.8 Å². The molecule has 0 fully saturated rings. The zero-order valence-corrected chi connectivity index (χ0v) is 25.0. The monoisotopic (exact) mass is 575 g/mol. The molecule has 3 N–H and O–H groups in total. The number of carbonyl (C=O) groups excluding carboxylic acids is 2. The van der Waals surface area contributed by atoms with E-state index in [2.05, 4.69) is 29.7 Å². The Kier molecular flexibility index (Phi) is 14.1. The molecule has 10 heteroatoms. The van der Waals surface area contributed by atoms with Gasteiger partial charge in [0, 0.05) is 25.9 Å². The molecule has 2 rings (SSSR count). The number of benzene rings is 2. The molecule has 2 atom stereocenters. The van der Waals surface area contributed by atoms with Crippen molar-refractivity contribution in [1.82, 2.24) is 15.5 Å². The molecule has 2 aromatic rings. The molecule has 0 aliphatic heterocycles. The molecule has 0 aliphatic carbocycles. The molecular formula is C30H45N3O6S. The SMILES string of the molecule is CCCCCN(CC(=O)N[C@@H](Cc1ccc(OC)cc1)[C@H](O)CNCc1cccc(CC)c1)C(=O)CS(C)(=O)=O. The van der Waals surface area contributed by atoms with Crippen LogP contribution in [0.1, 0.15) is 49.8 Å². The minimum atomic E-state index is -3.54. The average Bonchev–Trinajstić information content (AvgIpc) is 2.91. The summed E-state index contributed by atoms with van der Waals surface area (Å²) in [5.41, 5.74) is 3.24. The van der Waals surface area contributed by atoms with Crippen molar-refractivity contribution >= 4 is 21.7 Å². The fourth-order valence-electron chi connectivity index (χ4n) is 4.35. The van der Waals surface area contributed by atoms with Crippen molar-refractivity contribution in [3.05, 3.63) is 65.2 Å². The minimum Gasteiger partial charge on any atom is -0.497 e. The second-order valence-corrected chi connectivity index (χ2v) is 12.3. The number of sulfone groups is 1. The van der Waals surface area contributed by atoms with Crippen LogP contribution in [0.15, 0.2) is 48.5 Å². The number of methoxy groups -OCH3 is 1. The largest absolute Gasteiger partial charge is 0.497 e. The van der Waals surface area contributed by atoms with Crippen LogP contribution in [0, 0.1) is 0 Å². The summed E-state index contributed by atoms with van der Waals surface area (Å²) in [4.78, 5) is 27.1. The van der Waals surface area contributed by atoms with Gasteiger partial charge in [-0.05, 0) is 48.1 Å². The highest BCUT2D eigenvalue weighted by Crippen LogP contribution is 2.14. The molecule has 0 aromatic heterocycles. The van der Waals surface area contributed by atoms with E-state index in [0.29, 0.717) is 31.7 Å². The molecule has 40 heavy (non-hydrogen) atoms. The van der Waals surface area contributed by atoms with Crippen molar-refractivity contribution in [2.45, 2.75) is 64.6 Å². The number of carbonyl (C=O) groups is 2. The van der Waals surface area contributed by atoms with Crippen molar-refractivity contribution in [3.8, 4) is 5.75 Å². The number of nitrogens with zero attached hydrogens (tertiary/aromatic N) is 1. The number of aliphatic hydroxyl groups excluding tert-OH is 1. The first-order chi connectivity index (χ1) is 19.0. The molecule has 2 amide bonds. The van der Waals surface area contributed by atoms with Crippen molar-refractivity contribution in [1.29, 1.82) is 0 Å². The third kappa shape index (κ3) is 12.5. The Morgan fingerprint density at radius 2 is 1.73 bits per heavy atom.